The molecule has 0 unspecified atom stereocenters. The fourth-order valence-corrected chi connectivity index (χ4v) is 3.62. The minimum absolute atomic E-state index is 0.0460. The number of piperazine rings is 1. The van der Waals surface area contributed by atoms with Crippen LogP contribution in [0.1, 0.15) is 48.8 Å². The first-order valence-electron chi connectivity index (χ1n) is 9.45. The van der Waals surface area contributed by atoms with Gasteiger partial charge in [0.05, 0.1) is 5.69 Å². The van der Waals surface area contributed by atoms with Crippen LogP contribution < -0.4 is 0 Å². The summed E-state index contributed by atoms with van der Waals surface area (Å²) in [5, 5.41) is 4.18. The molecule has 0 bridgehead atoms. The third kappa shape index (κ3) is 3.39. The van der Waals surface area contributed by atoms with Crippen LogP contribution in [0.4, 0.5) is 0 Å². The first-order valence-corrected chi connectivity index (χ1v) is 9.45. The second-order valence-corrected chi connectivity index (χ2v) is 7.31. The van der Waals surface area contributed by atoms with E-state index in [0.29, 0.717) is 44.3 Å². The van der Waals surface area contributed by atoms with Gasteiger partial charge in [-0.05, 0) is 24.8 Å². The van der Waals surface area contributed by atoms with Crippen molar-refractivity contribution in [1.82, 2.24) is 29.4 Å². The molecule has 2 aliphatic rings. The lowest BCUT2D eigenvalue weighted by Crippen LogP contribution is -2.53. The first-order chi connectivity index (χ1) is 13.0. The Kier molecular flexibility index (Phi) is 4.77. The highest BCUT2D eigenvalue weighted by Gasteiger charge is 2.32. The monoisotopic (exact) mass is 372 g/mol. The zero-order chi connectivity index (χ0) is 19.0. The van der Waals surface area contributed by atoms with Crippen molar-refractivity contribution in [2.45, 2.75) is 38.7 Å². The van der Waals surface area contributed by atoms with Crippen LogP contribution in [0.5, 0.6) is 0 Å². The molecule has 4 heterocycles. The lowest BCUT2D eigenvalue weighted by Gasteiger charge is -2.35. The average Bonchev–Trinajstić information content (AvgIpc) is 3.37. The van der Waals surface area contributed by atoms with Crippen molar-refractivity contribution in [3.05, 3.63) is 23.8 Å². The van der Waals surface area contributed by atoms with Gasteiger partial charge in [-0.1, -0.05) is 13.8 Å². The molecule has 0 aromatic carbocycles. The second-order valence-electron chi connectivity index (χ2n) is 7.31. The summed E-state index contributed by atoms with van der Waals surface area (Å²) in [5.74, 6) is 0.526. The lowest BCUT2D eigenvalue weighted by atomic mass is 10.1. The minimum atomic E-state index is -0.308. The summed E-state index contributed by atoms with van der Waals surface area (Å²) in [4.78, 5) is 37.5. The Morgan fingerprint density at radius 3 is 2.59 bits per heavy atom. The summed E-state index contributed by atoms with van der Waals surface area (Å²) < 4.78 is 7.15. The van der Waals surface area contributed by atoms with Crippen molar-refractivity contribution < 1.29 is 14.3 Å². The molecule has 0 radical (unpaired) electrons. The van der Waals surface area contributed by atoms with E-state index in [9.17, 15) is 9.59 Å². The smallest absolute Gasteiger partial charge is 0.272 e. The molecule has 2 amide bonds. The zero-order valence-corrected chi connectivity index (χ0v) is 15.7. The van der Waals surface area contributed by atoms with Crippen LogP contribution >= 0.6 is 0 Å². The molecule has 4 rings (SSSR count). The van der Waals surface area contributed by atoms with Gasteiger partial charge in [0.25, 0.3) is 17.6 Å². The van der Waals surface area contributed by atoms with Crippen molar-refractivity contribution in [3.8, 4) is 0 Å². The molecule has 144 valence electrons. The van der Waals surface area contributed by atoms with Gasteiger partial charge in [-0.2, -0.15) is 10.1 Å². The van der Waals surface area contributed by atoms with E-state index in [1.807, 2.05) is 13.8 Å². The normalized spacial score (nSPS) is 20.6. The quantitative estimate of drug-likeness (QED) is 0.788. The van der Waals surface area contributed by atoms with Gasteiger partial charge in [0.2, 0.25) is 0 Å². The number of hydrogen-bond donors (Lipinski definition) is 0. The van der Waals surface area contributed by atoms with Crippen LogP contribution in [0.15, 0.2) is 12.4 Å². The number of nitrogens with zero attached hydrogens (tertiary/aromatic N) is 6. The molecule has 2 aromatic heterocycles. The van der Waals surface area contributed by atoms with Gasteiger partial charge in [0, 0.05) is 32.8 Å². The van der Waals surface area contributed by atoms with Crippen LogP contribution in [0, 0.1) is 0 Å². The molecule has 0 saturated carbocycles. The number of hydrogen-bond acceptors (Lipinski definition) is 6. The van der Waals surface area contributed by atoms with Gasteiger partial charge < -0.3 is 14.5 Å². The van der Waals surface area contributed by atoms with Crippen LogP contribution in [0.25, 0.3) is 5.78 Å². The Labute approximate surface area is 157 Å². The molecular weight excluding hydrogens is 348 g/mol. The van der Waals surface area contributed by atoms with Gasteiger partial charge in [0.15, 0.2) is 0 Å². The fourth-order valence-electron chi connectivity index (χ4n) is 3.62. The van der Waals surface area contributed by atoms with Crippen molar-refractivity contribution in [2.75, 3.05) is 32.8 Å². The zero-order valence-electron chi connectivity index (χ0n) is 15.7. The molecule has 2 aliphatic heterocycles. The van der Waals surface area contributed by atoms with E-state index in [4.69, 9.17) is 4.74 Å². The van der Waals surface area contributed by atoms with Crippen molar-refractivity contribution in [3.63, 3.8) is 0 Å². The van der Waals surface area contributed by atoms with Gasteiger partial charge in [-0.3, -0.25) is 9.59 Å². The SMILES string of the molecule is CC(C)c1cc(C(=O)N2CCN(C(=O)[C@@H]3CCCO3)CC2)nc2ncnn12. The molecule has 1 atom stereocenters. The van der Waals surface area contributed by atoms with E-state index in [2.05, 4.69) is 15.1 Å². The minimum Gasteiger partial charge on any atom is -0.368 e. The van der Waals surface area contributed by atoms with Crippen LogP contribution in [0.2, 0.25) is 0 Å². The molecule has 2 fully saturated rings. The van der Waals surface area contributed by atoms with E-state index < -0.39 is 0 Å². The Hall–Kier alpha value is -2.55. The summed E-state index contributed by atoms with van der Waals surface area (Å²) in [5.41, 5.74) is 1.27. The topological polar surface area (TPSA) is 92.9 Å². The maximum Gasteiger partial charge on any atom is 0.272 e. The van der Waals surface area contributed by atoms with E-state index in [0.717, 1.165) is 18.5 Å². The highest BCUT2D eigenvalue weighted by Crippen LogP contribution is 2.19. The fraction of sp³-hybridized carbons (Fsp3) is 0.611. The lowest BCUT2D eigenvalue weighted by molar-refractivity contribution is -0.142. The van der Waals surface area contributed by atoms with Crippen LogP contribution in [-0.4, -0.2) is 80.1 Å². The number of aromatic nitrogens is 4. The van der Waals surface area contributed by atoms with E-state index in [1.165, 1.54) is 6.33 Å². The number of fused-ring (bicyclic) bond motifs is 1. The molecular formula is C18H24N6O3. The van der Waals surface area contributed by atoms with Crippen LogP contribution in [-0.2, 0) is 9.53 Å². The molecule has 0 N–H and O–H groups in total. The Bertz CT molecular complexity index is 850. The standard InChI is InChI=1S/C18H24N6O3/c1-12(2)14-10-13(21-18-19-11-20-24(14)18)16(25)22-5-7-23(8-6-22)17(26)15-4-3-9-27-15/h10-12,15H,3-9H2,1-2H3/t15-/m0/s1. The largest absolute Gasteiger partial charge is 0.368 e. The van der Waals surface area contributed by atoms with Crippen molar-refractivity contribution in [1.29, 1.82) is 0 Å². The first kappa shape index (κ1) is 17.8. The van der Waals surface area contributed by atoms with E-state index in [-0.39, 0.29) is 23.8 Å². The third-order valence-corrected chi connectivity index (χ3v) is 5.17. The number of carbonyl (C=O) groups is 2. The third-order valence-electron chi connectivity index (χ3n) is 5.17. The van der Waals surface area contributed by atoms with Gasteiger partial charge in [-0.25, -0.2) is 9.50 Å². The number of rotatable bonds is 3. The van der Waals surface area contributed by atoms with Crippen LogP contribution in [0.3, 0.4) is 0 Å². The Morgan fingerprint density at radius 1 is 1.19 bits per heavy atom. The van der Waals surface area contributed by atoms with Gasteiger partial charge >= 0.3 is 0 Å². The van der Waals surface area contributed by atoms with Gasteiger partial charge in [0.1, 0.15) is 18.1 Å². The molecule has 9 heteroatoms. The molecule has 2 saturated heterocycles. The van der Waals surface area contributed by atoms with E-state index >= 15 is 0 Å². The molecule has 9 nitrogen and oxygen atoms in total. The molecule has 27 heavy (non-hydrogen) atoms. The molecule has 2 aromatic rings. The molecule has 0 aliphatic carbocycles. The summed E-state index contributed by atoms with van der Waals surface area (Å²) >= 11 is 0. The number of ether oxygens (including phenoxy) is 1. The molecule has 0 spiro atoms. The Balaban J connectivity index is 1.46. The summed E-state index contributed by atoms with van der Waals surface area (Å²) in [6.45, 7) is 6.77. The summed E-state index contributed by atoms with van der Waals surface area (Å²) in [7, 11) is 0. The highest BCUT2D eigenvalue weighted by atomic mass is 16.5. The Morgan fingerprint density at radius 2 is 1.93 bits per heavy atom. The van der Waals surface area contributed by atoms with E-state index in [1.54, 1.807) is 20.4 Å². The van der Waals surface area contributed by atoms with Crippen molar-refractivity contribution in [2.24, 2.45) is 0 Å². The van der Waals surface area contributed by atoms with Crippen molar-refractivity contribution >= 4 is 17.6 Å². The maximum atomic E-state index is 13.0. The predicted molar refractivity (Wildman–Crippen MR) is 96.3 cm³/mol. The average molecular weight is 372 g/mol. The second kappa shape index (κ2) is 7.22. The van der Waals surface area contributed by atoms with Gasteiger partial charge in [-0.15, -0.1) is 0 Å². The number of carbonyl (C=O) groups excluding carboxylic acids is 2. The highest BCUT2D eigenvalue weighted by molar-refractivity contribution is 5.93. The predicted octanol–water partition coefficient (Wildman–Crippen LogP) is 0.711. The summed E-state index contributed by atoms with van der Waals surface area (Å²) in [6.07, 6.45) is 2.86. The maximum absolute atomic E-state index is 13.0. The number of amides is 2. The summed E-state index contributed by atoms with van der Waals surface area (Å²) in [6, 6.07) is 1.79.